The summed E-state index contributed by atoms with van der Waals surface area (Å²) in [5.74, 6) is 0.198. The lowest BCUT2D eigenvalue weighted by molar-refractivity contribution is -0.121. The summed E-state index contributed by atoms with van der Waals surface area (Å²) >= 11 is 0. The average molecular weight is 344 g/mol. The zero-order valence-corrected chi connectivity index (χ0v) is 15.6. The van der Waals surface area contributed by atoms with Crippen LogP contribution in [0.1, 0.15) is 38.2 Å². The second-order valence-corrected chi connectivity index (χ2v) is 6.76. The number of hydrogen-bond donors (Lipinski definition) is 1. The molecule has 2 rings (SSSR count). The van der Waals surface area contributed by atoms with Crippen molar-refractivity contribution >= 4 is 12.0 Å². The molecule has 0 saturated carbocycles. The Labute approximate surface area is 152 Å². The first-order valence-electron chi connectivity index (χ1n) is 9.71. The Hall–Kier alpha value is -1.65. The number of nitrogens with one attached hydrogen (secondary N) is 1. The number of carbonyl (C=O) groups is 1. The van der Waals surface area contributed by atoms with Crippen molar-refractivity contribution < 1.29 is 4.79 Å². The molecule has 1 fully saturated rings. The lowest BCUT2D eigenvalue weighted by atomic mass is 10.2. The van der Waals surface area contributed by atoms with Gasteiger partial charge in [0.1, 0.15) is 0 Å². The first-order chi connectivity index (χ1) is 12.3. The van der Waals surface area contributed by atoms with Crippen LogP contribution in [-0.4, -0.2) is 61.5 Å². The molecule has 4 nitrogen and oxygen atoms in total. The summed E-state index contributed by atoms with van der Waals surface area (Å²) in [4.78, 5) is 16.7. The Balaban J connectivity index is 1.55. The van der Waals surface area contributed by atoms with Crippen molar-refractivity contribution in [1.82, 2.24) is 15.1 Å². The van der Waals surface area contributed by atoms with Gasteiger partial charge in [-0.05, 0) is 12.0 Å². The number of carbonyl (C=O) groups excluding carboxylic acids is 1. The summed E-state index contributed by atoms with van der Waals surface area (Å²) in [6.07, 6.45) is 8.54. The smallest absolute Gasteiger partial charge is 0.221 e. The molecule has 0 unspecified atom stereocenters. The molecule has 1 aliphatic rings. The third-order valence-electron chi connectivity index (χ3n) is 4.70. The molecule has 1 aromatic rings. The topological polar surface area (TPSA) is 35.6 Å². The van der Waals surface area contributed by atoms with Gasteiger partial charge in [-0.3, -0.25) is 9.69 Å². The average Bonchev–Trinajstić information content (AvgIpc) is 2.65. The highest BCUT2D eigenvalue weighted by atomic mass is 16.1. The van der Waals surface area contributed by atoms with Crippen LogP contribution in [-0.2, 0) is 4.79 Å². The fraction of sp³-hybridized carbons (Fsp3) is 0.571. The van der Waals surface area contributed by atoms with Crippen LogP contribution in [0.2, 0.25) is 0 Å². The van der Waals surface area contributed by atoms with Crippen molar-refractivity contribution in [3.05, 3.63) is 42.0 Å². The van der Waals surface area contributed by atoms with E-state index in [1.165, 1.54) is 18.4 Å². The van der Waals surface area contributed by atoms with E-state index in [-0.39, 0.29) is 5.91 Å². The maximum Gasteiger partial charge on any atom is 0.221 e. The van der Waals surface area contributed by atoms with Crippen molar-refractivity contribution in [3.63, 3.8) is 0 Å². The van der Waals surface area contributed by atoms with Gasteiger partial charge in [-0.1, -0.05) is 62.2 Å². The zero-order valence-electron chi connectivity index (χ0n) is 15.6. The van der Waals surface area contributed by atoms with Crippen LogP contribution in [0, 0.1) is 0 Å². The van der Waals surface area contributed by atoms with Gasteiger partial charge in [-0.15, -0.1) is 0 Å². The van der Waals surface area contributed by atoms with Gasteiger partial charge < -0.3 is 10.2 Å². The van der Waals surface area contributed by atoms with Gasteiger partial charge in [0.25, 0.3) is 0 Å². The lowest BCUT2D eigenvalue weighted by Gasteiger charge is -2.34. The van der Waals surface area contributed by atoms with Crippen LogP contribution in [0.3, 0.4) is 0 Å². The van der Waals surface area contributed by atoms with Crippen molar-refractivity contribution in [2.24, 2.45) is 0 Å². The van der Waals surface area contributed by atoms with E-state index in [1.807, 2.05) is 6.07 Å². The number of benzene rings is 1. The number of amides is 1. The third kappa shape index (κ3) is 8.32. The van der Waals surface area contributed by atoms with Crippen molar-refractivity contribution in [1.29, 1.82) is 0 Å². The number of nitrogens with zero attached hydrogens (tertiary/aromatic N) is 2. The summed E-state index contributed by atoms with van der Waals surface area (Å²) in [5.41, 5.74) is 1.26. The van der Waals surface area contributed by atoms with Crippen molar-refractivity contribution in [2.45, 2.75) is 32.6 Å². The largest absolute Gasteiger partial charge is 0.356 e. The van der Waals surface area contributed by atoms with Gasteiger partial charge in [0.15, 0.2) is 0 Å². The minimum atomic E-state index is 0.198. The predicted octanol–water partition coefficient (Wildman–Crippen LogP) is 3.01. The van der Waals surface area contributed by atoms with Crippen LogP contribution < -0.4 is 5.32 Å². The molecule has 1 heterocycles. The first kappa shape index (κ1) is 19.7. The molecule has 138 valence electrons. The fourth-order valence-corrected chi connectivity index (χ4v) is 3.05. The van der Waals surface area contributed by atoms with Gasteiger partial charge >= 0.3 is 0 Å². The zero-order chi connectivity index (χ0) is 17.7. The van der Waals surface area contributed by atoms with E-state index >= 15 is 0 Å². The lowest BCUT2D eigenvalue weighted by Crippen LogP contribution is -2.47. The fourth-order valence-electron chi connectivity index (χ4n) is 3.05. The molecule has 0 radical (unpaired) electrons. The summed E-state index contributed by atoms with van der Waals surface area (Å²) in [6, 6.07) is 10.4. The van der Waals surface area contributed by atoms with E-state index in [0.29, 0.717) is 6.42 Å². The highest BCUT2D eigenvalue weighted by molar-refractivity contribution is 5.76. The van der Waals surface area contributed by atoms with E-state index in [2.05, 4.69) is 58.5 Å². The van der Waals surface area contributed by atoms with Crippen LogP contribution in [0.15, 0.2) is 36.4 Å². The minimum absolute atomic E-state index is 0.198. The Bertz CT molecular complexity index is 507. The minimum Gasteiger partial charge on any atom is -0.356 e. The molecule has 0 aromatic heterocycles. The first-order valence-corrected chi connectivity index (χ1v) is 9.71. The normalized spacial score (nSPS) is 16.4. The molecule has 0 atom stereocenters. The number of piperazine rings is 1. The molecule has 1 aliphatic heterocycles. The Morgan fingerprint density at radius 1 is 1.08 bits per heavy atom. The van der Waals surface area contributed by atoms with Gasteiger partial charge in [-0.2, -0.15) is 0 Å². The summed E-state index contributed by atoms with van der Waals surface area (Å²) < 4.78 is 0. The van der Waals surface area contributed by atoms with Crippen molar-refractivity contribution in [2.75, 3.05) is 45.8 Å². The van der Waals surface area contributed by atoms with Gasteiger partial charge in [0.2, 0.25) is 5.91 Å². The van der Waals surface area contributed by atoms with E-state index in [4.69, 9.17) is 0 Å². The molecule has 0 bridgehead atoms. The summed E-state index contributed by atoms with van der Waals surface area (Å²) in [6.45, 7) is 9.17. The highest BCUT2D eigenvalue weighted by Gasteiger charge is 2.16. The standard InChI is InChI=1S/C21H33N3O/c1-2-3-7-13-22-21(25)12-15-24-18-16-23(17-19-24)14-8-11-20-9-5-4-6-10-20/h4-6,8-11H,2-3,7,12-19H2,1H3,(H,22,25)/b11-8+. The number of unbranched alkanes of at least 4 members (excludes halogenated alkanes) is 2. The van der Waals surface area contributed by atoms with Gasteiger partial charge in [0.05, 0.1) is 0 Å². The molecule has 1 saturated heterocycles. The molecular formula is C21H33N3O. The van der Waals surface area contributed by atoms with E-state index in [9.17, 15) is 4.79 Å². The summed E-state index contributed by atoms with van der Waals surface area (Å²) in [5, 5.41) is 3.02. The molecule has 0 spiro atoms. The molecule has 1 amide bonds. The second kappa shape index (κ2) is 11.8. The van der Waals surface area contributed by atoms with Crippen LogP contribution in [0.25, 0.3) is 6.08 Å². The predicted molar refractivity (Wildman–Crippen MR) is 106 cm³/mol. The molecule has 0 aliphatic carbocycles. The van der Waals surface area contributed by atoms with Crippen LogP contribution in [0.4, 0.5) is 0 Å². The molecule has 4 heteroatoms. The quantitative estimate of drug-likeness (QED) is 0.663. The molecule has 1 N–H and O–H groups in total. The number of rotatable bonds is 10. The molecule has 1 aromatic carbocycles. The van der Waals surface area contributed by atoms with E-state index in [1.54, 1.807) is 0 Å². The second-order valence-electron chi connectivity index (χ2n) is 6.76. The monoisotopic (exact) mass is 343 g/mol. The van der Waals surface area contributed by atoms with Crippen LogP contribution >= 0.6 is 0 Å². The SMILES string of the molecule is CCCCCNC(=O)CCN1CCN(C/C=C/c2ccccc2)CC1. The Morgan fingerprint density at radius 2 is 1.80 bits per heavy atom. The van der Waals surface area contributed by atoms with Crippen LogP contribution in [0.5, 0.6) is 0 Å². The third-order valence-corrected chi connectivity index (χ3v) is 4.70. The van der Waals surface area contributed by atoms with E-state index < -0.39 is 0 Å². The molecule has 25 heavy (non-hydrogen) atoms. The highest BCUT2D eigenvalue weighted by Crippen LogP contribution is 2.05. The van der Waals surface area contributed by atoms with Gasteiger partial charge in [-0.25, -0.2) is 0 Å². The molecular weight excluding hydrogens is 310 g/mol. The summed E-state index contributed by atoms with van der Waals surface area (Å²) in [7, 11) is 0. The maximum atomic E-state index is 11.8. The Kier molecular flexibility index (Phi) is 9.31. The van der Waals surface area contributed by atoms with Gasteiger partial charge in [0, 0.05) is 52.2 Å². The van der Waals surface area contributed by atoms with Crippen molar-refractivity contribution in [3.8, 4) is 0 Å². The maximum absolute atomic E-state index is 11.8. The number of hydrogen-bond acceptors (Lipinski definition) is 3. The Morgan fingerprint density at radius 3 is 2.52 bits per heavy atom. The van der Waals surface area contributed by atoms with E-state index in [0.717, 1.165) is 52.2 Å².